The van der Waals surface area contributed by atoms with Crippen LogP contribution in [0.4, 0.5) is 0 Å². The van der Waals surface area contributed by atoms with E-state index in [9.17, 15) is 5.11 Å². The SMILES string of the molecule is OC1(c2ccc(-c3ccnc4[nH]ccc34)cc2)CCCNC1. The number of benzene rings is 1. The Morgan fingerprint density at radius 3 is 2.73 bits per heavy atom. The summed E-state index contributed by atoms with van der Waals surface area (Å²) in [5.74, 6) is 0. The quantitative estimate of drug-likeness (QED) is 0.681. The summed E-state index contributed by atoms with van der Waals surface area (Å²) >= 11 is 0. The molecule has 112 valence electrons. The molecule has 2 aromatic heterocycles. The highest BCUT2D eigenvalue weighted by Crippen LogP contribution is 2.32. The minimum Gasteiger partial charge on any atom is -0.384 e. The zero-order valence-electron chi connectivity index (χ0n) is 12.3. The summed E-state index contributed by atoms with van der Waals surface area (Å²) in [6.07, 6.45) is 5.55. The lowest BCUT2D eigenvalue weighted by atomic mass is 9.86. The third-order valence-corrected chi connectivity index (χ3v) is 4.55. The van der Waals surface area contributed by atoms with Gasteiger partial charge in [-0.1, -0.05) is 24.3 Å². The van der Waals surface area contributed by atoms with Gasteiger partial charge in [-0.05, 0) is 48.2 Å². The Balaban J connectivity index is 1.71. The summed E-state index contributed by atoms with van der Waals surface area (Å²) in [4.78, 5) is 7.47. The van der Waals surface area contributed by atoms with E-state index in [1.807, 2.05) is 36.7 Å². The van der Waals surface area contributed by atoms with Crippen LogP contribution in [0.15, 0.2) is 48.8 Å². The summed E-state index contributed by atoms with van der Waals surface area (Å²) in [5, 5.41) is 15.2. The number of rotatable bonds is 2. The predicted molar refractivity (Wildman–Crippen MR) is 87.5 cm³/mol. The van der Waals surface area contributed by atoms with E-state index >= 15 is 0 Å². The molecule has 4 nitrogen and oxygen atoms in total. The molecular formula is C18H19N3O. The lowest BCUT2D eigenvalue weighted by Crippen LogP contribution is -2.43. The van der Waals surface area contributed by atoms with Gasteiger partial charge < -0.3 is 15.4 Å². The van der Waals surface area contributed by atoms with E-state index in [0.29, 0.717) is 6.54 Å². The van der Waals surface area contributed by atoms with E-state index in [0.717, 1.165) is 47.1 Å². The molecule has 0 bridgehead atoms. The molecule has 1 unspecified atom stereocenters. The highest BCUT2D eigenvalue weighted by atomic mass is 16.3. The number of β-amino-alcohol motifs (C(OH)–C–C–N with tert-alkyl or cyclic N) is 1. The van der Waals surface area contributed by atoms with Crippen molar-refractivity contribution in [1.82, 2.24) is 15.3 Å². The number of nitrogens with zero attached hydrogens (tertiary/aromatic N) is 1. The average Bonchev–Trinajstić information content (AvgIpc) is 3.04. The maximum absolute atomic E-state index is 10.8. The van der Waals surface area contributed by atoms with Crippen molar-refractivity contribution < 1.29 is 5.11 Å². The van der Waals surface area contributed by atoms with E-state index in [4.69, 9.17) is 0 Å². The molecule has 3 aromatic rings. The molecule has 0 aliphatic carbocycles. The van der Waals surface area contributed by atoms with Gasteiger partial charge in [-0.15, -0.1) is 0 Å². The Bertz CT molecular complexity index is 785. The fraction of sp³-hybridized carbons (Fsp3) is 0.278. The van der Waals surface area contributed by atoms with Crippen LogP contribution in [0.3, 0.4) is 0 Å². The number of aliphatic hydroxyl groups is 1. The van der Waals surface area contributed by atoms with Crippen LogP contribution in [0.2, 0.25) is 0 Å². The molecule has 3 heterocycles. The van der Waals surface area contributed by atoms with E-state index in [-0.39, 0.29) is 0 Å². The monoisotopic (exact) mass is 293 g/mol. The smallest absolute Gasteiger partial charge is 0.137 e. The van der Waals surface area contributed by atoms with Crippen LogP contribution in [0.25, 0.3) is 22.2 Å². The molecule has 0 radical (unpaired) electrons. The van der Waals surface area contributed by atoms with Crippen LogP contribution in [-0.4, -0.2) is 28.2 Å². The Hall–Kier alpha value is -2.17. The van der Waals surface area contributed by atoms with Crippen molar-refractivity contribution in [2.75, 3.05) is 13.1 Å². The molecule has 4 rings (SSSR count). The maximum atomic E-state index is 10.8. The number of pyridine rings is 1. The maximum Gasteiger partial charge on any atom is 0.137 e. The summed E-state index contributed by atoms with van der Waals surface area (Å²) in [6, 6.07) is 12.3. The van der Waals surface area contributed by atoms with E-state index in [1.54, 1.807) is 0 Å². The summed E-state index contributed by atoms with van der Waals surface area (Å²) < 4.78 is 0. The topological polar surface area (TPSA) is 60.9 Å². The number of aromatic amines is 1. The third kappa shape index (κ3) is 2.21. The van der Waals surface area contributed by atoms with Crippen molar-refractivity contribution in [3.05, 3.63) is 54.4 Å². The highest BCUT2D eigenvalue weighted by Gasteiger charge is 2.30. The lowest BCUT2D eigenvalue weighted by Gasteiger charge is -2.33. The summed E-state index contributed by atoms with van der Waals surface area (Å²) in [5.41, 5.74) is 3.45. The Labute approximate surface area is 129 Å². The second kappa shape index (κ2) is 5.23. The molecule has 1 aliphatic heterocycles. The zero-order valence-corrected chi connectivity index (χ0v) is 12.3. The zero-order chi connectivity index (χ0) is 15.0. The van der Waals surface area contributed by atoms with Crippen LogP contribution in [0, 0.1) is 0 Å². The van der Waals surface area contributed by atoms with Gasteiger partial charge in [0.15, 0.2) is 0 Å². The first-order valence-corrected chi connectivity index (χ1v) is 7.72. The molecule has 1 saturated heterocycles. The molecule has 0 spiro atoms. The Morgan fingerprint density at radius 1 is 1.09 bits per heavy atom. The molecule has 0 amide bonds. The lowest BCUT2D eigenvalue weighted by molar-refractivity contribution is 0.0123. The number of piperidine rings is 1. The molecule has 1 fully saturated rings. The van der Waals surface area contributed by atoms with Gasteiger partial charge in [0.1, 0.15) is 11.2 Å². The van der Waals surface area contributed by atoms with Crippen molar-refractivity contribution in [2.45, 2.75) is 18.4 Å². The van der Waals surface area contributed by atoms with Crippen molar-refractivity contribution in [3.63, 3.8) is 0 Å². The second-order valence-electron chi connectivity index (χ2n) is 5.99. The van der Waals surface area contributed by atoms with Gasteiger partial charge in [-0.3, -0.25) is 0 Å². The second-order valence-corrected chi connectivity index (χ2v) is 5.99. The van der Waals surface area contributed by atoms with Gasteiger partial charge in [0.2, 0.25) is 0 Å². The third-order valence-electron chi connectivity index (χ3n) is 4.55. The van der Waals surface area contributed by atoms with E-state index in [1.165, 1.54) is 0 Å². The Morgan fingerprint density at radius 2 is 1.95 bits per heavy atom. The molecule has 22 heavy (non-hydrogen) atoms. The largest absolute Gasteiger partial charge is 0.384 e. The van der Waals surface area contributed by atoms with E-state index in [2.05, 4.69) is 27.4 Å². The van der Waals surface area contributed by atoms with Gasteiger partial charge in [-0.25, -0.2) is 4.98 Å². The van der Waals surface area contributed by atoms with Crippen LogP contribution >= 0.6 is 0 Å². The van der Waals surface area contributed by atoms with Gasteiger partial charge in [0.25, 0.3) is 0 Å². The molecule has 0 saturated carbocycles. The predicted octanol–water partition coefficient (Wildman–Crippen LogP) is 2.80. The Kier molecular flexibility index (Phi) is 3.21. The summed E-state index contributed by atoms with van der Waals surface area (Å²) in [7, 11) is 0. The van der Waals surface area contributed by atoms with Crippen molar-refractivity contribution >= 4 is 11.0 Å². The van der Waals surface area contributed by atoms with Crippen LogP contribution in [0.1, 0.15) is 18.4 Å². The van der Waals surface area contributed by atoms with Gasteiger partial charge in [0.05, 0.1) is 0 Å². The fourth-order valence-corrected chi connectivity index (χ4v) is 3.31. The minimum atomic E-state index is -0.738. The number of hydrogen-bond acceptors (Lipinski definition) is 3. The van der Waals surface area contributed by atoms with Crippen LogP contribution in [-0.2, 0) is 5.60 Å². The normalized spacial score (nSPS) is 22.0. The van der Waals surface area contributed by atoms with Gasteiger partial charge >= 0.3 is 0 Å². The molecule has 1 aromatic carbocycles. The van der Waals surface area contributed by atoms with Gasteiger partial charge in [0, 0.05) is 24.3 Å². The molecule has 4 heteroatoms. The first-order valence-electron chi connectivity index (χ1n) is 7.72. The number of aromatic nitrogens is 2. The number of H-pyrrole nitrogens is 1. The molecule has 3 N–H and O–H groups in total. The van der Waals surface area contributed by atoms with Crippen LogP contribution < -0.4 is 5.32 Å². The number of nitrogens with one attached hydrogen (secondary N) is 2. The molecule has 1 aliphatic rings. The van der Waals surface area contributed by atoms with Crippen LogP contribution in [0.5, 0.6) is 0 Å². The molecule has 1 atom stereocenters. The fourth-order valence-electron chi connectivity index (χ4n) is 3.31. The van der Waals surface area contributed by atoms with Crippen molar-refractivity contribution in [1.29, 1.82) is 0 Å². The highest BCUT2D eigenvalue weighted by molar-refractivity contribution is 5.92. The van der Waals surface area contributed by atoms with Crippen molar-refractivity contribution in [3.8, 4) is 11.1 Å². The summed E-state index contributed by atoms with van der Waals surface area (Å²) in [6.45, 7) is 1.62. The number of fused-ring (bicyclic) bond motifs is 1. The van der Waals surface area contributed by atoms with Crippen molar-refractivity contribution in [2.24, 2.45) is 0 Å². The van der Waals surface area contributed by atoms with E-state index < -0.39 is 5.60 Å². The van der Waals surface area contributed by atoms with Gasteiger partial charge in [-0.2, -0.15) is 0 Å². The molecular weight excluding hydrogens is 274 g/mol. The average molecular weight is 293 g/mol. The first kappa shape index (κ1) is 13.5. The standard InChI is InChI=1S/C18H19N3O/c22-18(8-1-9-19-12-18)14-4-2-13(3-5-14)15-6-10-20-17-16(15)7-11-21-17/h2-7,10-11,19,22H,1,8-9,12H2,(H,20,21). The first-order chi connectivity index (χ1) is 10.8. The number of hydrogen-bond donors (Lipinski definition) is 3. The minimum absolute atomic E-state index is 0.629.